The van der Waals surface area contributed by atoms with E-state index in [1.54, 1.807) is 18.2 Å². The van der Waals surface area contributed by atoms with E-state index in [2.05, 4.69) is 5.32 Å². The third-order valence-electron chi connectivity index (χ3n) is 5.05. The number of ether oxygens (including phenoxy) is 2. The van der Waals surface area contributed by atoms with Crippen LogP contribution in [0, 0.1) is 5.92 Å². The average molecular weight is 377 g/mol. The number of rotatable bonds is 4. The molecule has 0 unspecified atom stereocenters. The minimum absolute atomic E-state index is 0.169. The van der Waals surface area contributed by atoms with Crippen molar-refractivity contribution in [1.82, 2.24) is 5.32 Å². The molecular formula is C20H18F3NO3. The van der Waals surface area contributed by atoms with E-state index < -0.39 is 23.6 Å². The van der Waals surface area contributed by atoms with Gasteiger partial charge in [-0.15, -0.1) is 0 Å². The number of alkyl halides is 3. The van der Waals surface area contributed by atoms with E-state index in [0.29, 0.717) is 17.9 Å². The zero-order valence-electron chi connectivity index (χ0n) is 14.5. The molecule has 0 radical (unpaired) electrons. The second-order valence-corrected chi connectivity index (χ2v) is 6.88. The van der Waals surface area contributed by atoms with Crippen LogP contribution in [0.15, 0.2) is 42.5 Å². The number of amides is 1. The number of halogens is 3. The number of fused-ring (bicyclic) bond motifs is 1. The molecule has 0 saturated heterocycles. The predicted octanol–water partition coefficient (Wildman–Crippen LogP) is 4.42. The third-order valence-corrected chi connectivity index (χ3v) is 5.05. The van der Waals surface area contributed by atoms with E-state index in [9.17, 15) is 18.0 Å². The first-order valence-corrected chi connectivity index (χ1v) is 8.70. The molecule has 0 bridgehead atoms. The van der Waals surface area contributed by atoms with Crippen molar-refractivity contribution < 1.29 is 27.4 Å². The van der Waals surface area contributed by atoms with Crippen LogP contribution in [-0.2, 0) is 11.0 Å². The molecule has 2 aromatic carbocycles. The van der Waals surface area contributed by atoms with Gasteiger partial charge in [0.25, 0.3) is 0 Å². The molecule has 1 fully saturated rings. The lowest BCUT2D eigenvalue weighted by Crippen LogP contribution is -2.28. The number of carbonyl (C=O) groups is 1. The number of carbonyl (C=O) groups excluding carboxylic acids is 1. The Morgan fingerprint density at radius 3 is 2.67 bits per heavy atom. The van der Waals surface area contributed by atoms with Gasteiger partial charge in [-0.05, 0) is 48.6 Å². The number of benzene rings is 2. The second-order valence-electron chi connectivity index (χ2n) is 6.88. The Morgan fingerprint density at radius 2 is 1.89 bits per heavy atom. The van der Waals surface area contributed by atoms with Crippen LogP contribution in [-0.4, -0.2) is 12.7 Å². The quantitative estimate of drug-likeness (QED) is 0.858. The van der Waals surface area contributed by atoms with Crippen molar-refractivity contribution in [2.24, 2.45) is 5.92 Å². The fourth-order valence-corrected chi connectivity index (χ4v) is 3.49. The summed E-state index contributed by atoms with van der Waals surface area (Å²) >= 11 is 0. The first-order valence-electron chi connectivity index (χ1n) is 8.70. The van der Waals surface area contributed by atoms with Crippen LogP contribution in [0.1, 0.15) is 42.0 Å². The van der Waals surface area contributed by atoms with Crippen LogP contribution in [0.2, 0.25) is 0 Å². The van der Waals surface area contributed by atoms with Crippen molar-refractivity contribution >= 4 is 5.91 Å². The van der Waals surface area contributed by atoms with Crippen LogP contribution in [0.5, 0.6) is 11.5 Å². The zero-order chi connectivity index (χ0) is 19.2. The Morgan fingerprint density at radius 1 is 1.15 bits per heavy atom. The Labute approximate surface area is 154 Å². The van der Waals surface area contributed by atoms with Crippen LogP contribution in [0.4, 0.5) is 13.2 Å². The molecule has 1 N–H and O–H groups in total. The molecule has 2 aromatic rings. The summed E-state index contributed by atoms with van der Waals surface area (Å²) in [6.45, 7) is 2.00. The fraction of sp³-hybridized carbons (Fsp3) is 0.350. The summed E-state index contributed by atoms with van der Waals surface area (Å²) in [6.07, 6.45) is -3.99. The normalized spacial score (nSPS) is 21.6. The van der Waals surface area contributed by atoms with Gasteiger partial charge in [-0.3, -0.25) is 4.79 Å². The summed E-state index contributed by atoms with van der Waals surface area (Å²) in [6, 6.07) is 10.6. The molecule has 27 heavy (non-hydrogen) atoms. The molecule has 1 heterocycles. The van der Waals surface area contributed by atoms with E-state index in [-0.39, 0.29) is 24.3 Å². The van der Waals surface area contributed by atoms with Crippen molar-refractivity contribution in [3.8, 4) is 11.5 Å². The minimum Gasteiger partial charge on any atom is -0.454 e. The molecule has 1 aliphatic heterocycles. The maximum absolute atomic E-state index is 13.2. The second kappa shape index (κ2) is 6.48. The fourth-order valence-electron chi connectivity index (χ4n) is 3.49. The van der Waals surface area contributed by atoms with Gasteiger partial charge in [0.05, 0.1) is 11.6 Å². The SMILES string of the molecule is C[C@H](NC(=O)[C@@H]1C[C@H]1c1ccccc1C(F)(F)F)c1ccc2c(c1)OCO2. The Balaban J connectivity index is 1.44. The minimum atomic E-state index is -4.42. The maximum atomic E-state index is 13.2. The maximum Gasteiger partial charge on any atom is 0.416 e. The summed E-state index contributed by atoms with van der Waals surface area (Å²) in [5, 5.41) is 2.89. The van der Waals surface area contributed by atoms with Gasteiger partial charge in [0.1, 0.15) is 0 Å². The molecule has 2 aliphatic rings. The van der Waals surface area contributed by atoms with Crippen molar-refractivity contribution in [1.29, 1.82) is 0 Å². The molecule has 7 heteroatoms. The molecule has 0 spiro atoms. The third kappa shape index (κ3) is 3.46. The lowest BCUT2D eigenvalue weighted by Gasteiger charge is -2.16. The first-order chi connectivity index (χ1) is 12.8. The van der Waals surface area contributed by atoms with Crippen LogP contribution < -0.4 is 14.8 Å². The Kier molecular flexibility index (Phi) is 4.25. The van der Waals surface area contributed by atoms with E-state index in [1.807, 2.05) is 13.0 Å². The number of hydrogen-bond donors (Lipinski definition) is 1. The van der Waals surface area contributed by atoms with Gasteiger partial charge in [0, 0.05) is 5.92 Å². The van der Waals surface area contributed by atoms with Crippen molar-refractivity contribution in [3.63, 3.8) is 0 Å². The van der Waals surface area contributed by atoms with E-state index in [4.69, 9.17) is 9.47 Å². The average Bonchev–Trinajstić information content (AvgIpc) is 3.30. The van der Waals surface area contributed by atoms with Gasteiger partial charge in [0.15, 0.2) is 11.5 Å². The smallest absolute Gasteiger partial charge is 0.416 e. The van der Waals surface area contributed by atoms with Gasteiger partial charge in [-0.1, -0.05) is 24.3 Å². The highest BCUT2D eigenvalue weighted by atomic mass is 19.4. The predicted molar refractivity (Wildman–Crippen MR) is 91.4 cm³/mol. The standard InChI is InChI=1S/C20H18F3NO3/c1-11(12-6-7-17-18(8-12)27-10-26-17)24-19(25)15-9-14(15)13-4-2-3-5-16(13)20(21,22)23/h2-8,11,14-15H,9-10H2,1H3,(H,24,25)/t11-,14-,15+/m0/s1. The summed E-state index contributed by atoms with van der Waals surface area (Å²) in [7, 11) is 0. The monoisotopic (exact) mass is 377 g/mol. The summed E-state index contributed by atoms with van der Waals surface area (Å²) in [5.41, 5.74) is 0.385. The van der Waals surface area contributed by atoms with Gasteiger partial charge in [0.2, 0.25) is 12.7 Å². The van der Waals surface area contributed by atoms with E-state index in [1.165, 1.54) is 12.1 Å². The van der Waals surface area contributed by atoms with Gasteiger partial charge >= 0.3 is 6.18 Å². The molecular weight excluding hydrogens is 359 g/mol. The van der Waals surface area contributed by atoms with Crippen LogP contribution in [0.3, 0.4) is 0 Å². The lowest BCUT2D eigenvalue weighted by atomic mass is 10.0. The van der Waals surface area contributed by atoms with Gasteiger partial charge < -0.3 is 14.8 Å². The van der Waals surface area contributed by atoms with Gasteiger partial charge in [-0.25, -0.2) is 0 Å². The first kappa shape index (κ1) is 17.7. The molecule has 1 amide bonds. The Bertz CT molecular complexity index is 881. The summed E-state index contributed by atoms with van der Waals surface area (Å²) in [5.74, 6) is 0.208. The highest BCUT2D eigenvalue weighted by Crippen LogP contribution is 2.51. The highest BCUT2D eigenvalue weighted by Gasteiger charge is 2.48. The number of hydrogen-bond acceptors (Lipinski definition) is 3. The topological polar surface area (TPSA) is 47.6 Å². The molecule has 1 aliphatic carbocycles. The zero-order valence-corrected chi connectivity index (χ0v) is 14.5. The van der Waals surface area contributed by atoms with Gasteiger partial charge in [-0.2, -0.15) is 13.2 Å². The Hall–Kier alpha value is -2.70. The lowest BCUT2D eigenvalue weighted by molar-refractivity contribution is -0.138. The number of nitrogens with one attached hydrogen (secondary N) is 1. The molecule has 1 saturated carbocycles. The van der Waals surface area contributed by atoms with Crippen molar-refractivity contribution in [3.05, 3.63) is 59.2 Å². The largest absolute Gasteiger partial charge is 0.454 e. The molecule has 4 nitrogen and oxygen atoms in total. The van der Waals surface area contributed by atoms with Crippen molar-refractivity contribution in [2.75, 3.05) is 6.79 Å². The molecule has 3 atom stereocenters. The molecule has 0 aromatic heterocycles. The van der Waals surface area contributed by atoms with E-state index in [0.717, 1.165) is 11.6 Å². The van der Waals surface area contributed by atoms with Crippen LogP contribution in [0.25, 0.3) is 0 Å². The summed E-state index contributed by atoms with van der Waals surface area (Å²) in [4.78, 5) is 12.5. The van der Waals surface area contributed by atoms with E-state index >= 15 is 0 Å². The van der Waals surface area contributed by atoms with Crippen LogP contribution >= 0.6 is 0 Å². The van der Waals surface area contributed by atoms with Crippen molar-refractivity contribution in [2.45, 2.75) is 31.5 Å². The molecule has 4 rings (SSSR count). The highest BCUT2D eigenvalue weighted by molar-refractivity contribution is 5.83. The summed E-state index contributed by atoms with van der Waals surface area (Å²) < 4.78 is 50.1. The molecule has 142 valence electrons.